The minimum Gasteiger partial charge on any atom is -0.393 e. The van der Waals surface area contributed by atoms with Crippen LogP contribution in [0.3, 0.4) is 0 Å². The van der Waals surface area contributed by atoms with Crippen LogP contribution in [-0.2, 0) is 14.4 Å². The predicted molar refractivity (Wildman–Crippen MR) is 95.8 cm³/mol. The van der Waals surface area contributed by atoms with Crippen LogP contribution in [-0.4, -0.2) is 54.4 Å². The van der Waals surface area contributed by atoms with Crippen LogP contribution in [0.2, 0.25) is 0 Å². The normalized spacial score (nSPS) is 24.0. The van der Waals surface area contributed by atoms with Gasteiger partial charge in [-0.25, -0.2) is 0 Å². The Labute approximate surface area is 150 Å². The lowest BCUT2D eigenvalue weighted by atomic mass is 9.82. The predicted octanol–water partition coefficient (Wildman–Crippen LogP) is -0.143. The molecule has 7 heteroatoms. The summed E-state index contributed by atoms with van der Waals surface area (Å²) in [6, 6.07) is -0.786. The first-order chi connectivity index (χ1) is 11.7. The lowest BCUT2D eigenvalue weighted by Gasteiger charge is -2.25. The van der Waals surface area contributed by atoms with Gasteiger partial charge in [-0.3, -0.25) is 14.4 Å². The number of amides is 1. The summed E-state index contributed by atoms with van der Waals surface area (Å²) in [5.41, 5.74) is 5.49. The Morgan fingerprint density at radius 1 is 1.24 bits per heavy atom. The molecule has 1 amide bonds. The molecule has 1 aliphatic rings. The monoisotopic (exact) mass is 355 g/mol. The third-order valence-electron chi connectivity index (χ3n) is 4.91. The summed E-state index contributed by atoms with van der Waals surface area (Å²) >= 11 is 0. The molecule has 0 aliphatic carbocycles. The Kier molecular flexibility index (Phi) is 8.68. The standard InChI is InChI=1S/C18H33N3O4/c1-10(2)5-13-8-20-9-15(13)17(24)6-14(11(3)22)18(25)21-16(7-19)12(4)23/h10-11,13-16,20,22H,5-9,19H2,1-4H3,(H,21,25)/t11-,13+,14-,15+,16-/m0/s1. The summed E-state index contributed by atoms with van der Waals surface area (Å²) < 4.78 is 0. The lowest BCUT2D eigenvalue weighted by molar-refractivity contribution is -0.136. The maximum atomic E-state index is 12.7. The van der Waals surface area contributed by atoms with E-state index in [-0.39, 0.29) is 36.4 Å². The van der Waals surface area contributed by atoms with Crippen LogP contribution >= 0.6 is 0 Å². The molecule has 25 heavy (non-hydrogen) atoms. The zero-order chi connectivity index (χ0) is 19.1. The van der Waals surface area contributed by atoms with Crippen LogP contribution in [0.1, 0.15) is 40.5 Å². The number of rotatable bonds is 10. The molecule has 0 spiro atoms. The molecule has 0 aromatic carbocycles. The first-order valence-electron chi connectivity index (χ1n) is 9.09. The van der Waals surface area contributed by atoms with E-state index in [2.05, 4.69) is 24.5 Å². The van der Waals surface area contributed by atoms with Crippen molar-refractivity contribution in [3.8, 4) is 0 Å². The van der Waals surface area contributed by atoms with E-state index < -0.39 is 24.0 Å². The zero-order valence-electron chi connectivity index (χ0n) is 15.7. The Morgan fingerprint density at radius 2 is 1.88 bits per heavy atom. The van der Waals surface area contributed by atoms with Gasteiger partial charge in [0, 0.05) is 25.4 Å². The molecule has 7 nitrogen and oxygen atoms in total. The van der Waals surface area contributed by atoms with Crippen molar-refractivity contribution in [1.29, 1.82) is 0 Å². The molecule has 1 aliphatic heterocycles. The van der Waals surface area contributed by atoms with Crippen LogP contribution < -0.4 is 16.4 Å². The lowest BCUT2D eigenvalue weighted by Crippen LogP contribution is -2.49. The second kappa shape index (κ2) is 9.99. The third kappa shape index (κ3) is 6.49. The van der Waals surface area contributed by atoms with Gasteiger partial charge in [0.05, 0.1) is 18.1 Å². The van der Waals surface area contributed by atoms with E-state index in [1.54, 1.807) is 0 Å². The number of hydrogen-bond donors (Lipinski definition) is 4. The molecule has 0 radical (unpaired) electrons. The van der Waals surface area contributed by atoms with Gasteiger partial charge in [0.2, 0.25) is 5.91 Å². The first-order valence-corrected chi connectivity index (χ1v) is 9.09. The summed E-state index contributed by atoms with van der Waals surface area (Å²) in [5, 5.41) is 15.8. The fourth-order valence-electron chi connectivity index (χ4n) is 3.42. The molecule has 0 saturated carbocycles. The maximum Gasteiger partial charge on any atom is 0.226 e. The fourth-order valence-corrected chi connectivity index (χ4v) is 3.42. The van der Waals surface area contributed by atoms with Crippen molar-refractivity contribution in [3.63, 3.8) is 0 Å². The zero-order valence-corrected chi connectivity index (χ0v) is 15.7. The SMILES string of the molecule is CC(=O)[C@H](CN)NC(=O)[C@@H](CC(=O)[C@@H]1CNC[C@H]1CC(C)C)[C@H](C)O. The largest absolute Gasteiger partial charge is 0.393 e. The molecule has 1 saturated heterocycles. The van der Waals surface area contributed by atoms with Gasteiger partial charge < -0.3 is 21.5 Å². The Balaban J connectivity index is 2.75. The number of carbonyl (C=O) groups excluding carboxylic acids is 3. The van der Waals surface area contributed by atoms with Crippen LogP contribution in [0.15, 0.2) is 0 Å². The molecule has 0 bridgehead atoms. The summed E-state index contributed by atoms with van der Waals surface area (Å²) in [6.07, 6.45) is -0.0546. The first kappa shape index (κ1) is 21.7. The summed E-state index contributed by atoms with van der Waals surface area (Å²) in [4.78, 5) is 36.6. The van der Waals surface area contributed by atoms with Crippen LogP contribution in [0, 0.1) is 23.7 Å². The van der Waals surface area contributed by atoms with Gasteiger partial charge in [-0.05, 0) is 38.6 Å². The highest BCUT2D eigenvalue weighted by Gasteiger charge is 2.36. The van der Waals surface area contributed by atoms with E-state index in [0.29, 0.717) is 12.5 Å². The van der Waals surface area contributed by atoms with E-state index in [0.717, 1.165) is 13.0 Å². The summed E-state index contributed by atoms with van der Waals surface area (Å²) in [5.74, 6) is -1.00. The quantitative estimate of drug-likeness (QED) is 0.433. The molecule has 0 aromatic rings. The number of aliphatic hydroxyl groups excluding tert-OH is 1. The third-order valence-corrected chi connectivity index (χ3v) is 4.91. The van der Waals surface area contributed by atoms with Crippen molar-refractivity contribution in [2.24, 2.45) is 29.4 Å². The van der Waals surface area contributed by atoms with Gasteiger partial charge in [0.1, 0.15) is 5.78 Å². The van der Waals surface area contributed by atoms with Gasteiger partial charge >= 0.3 is 0 Å². The van der Waals surface area contributed by atoms with Crippen LogP contribution in [0.4, 0.5) is 0 Å². The Morgan fingerprint density at radius 3 is 2.36 bits per heavy atom. The van der Waals surface area contributed by atoms with E-state index >= 15 is 0 Å². The number of carbonyl (C=O) groups is 3. The van der Waals surface area contributed by atoms with Crippen LogP contribution in [0.25, 0.3) is 0 Å². The minimum absolute atomic E-state index is 0.00937. The number of Topliss-reactive ketones (excluding diaryl/α,β-unsaturated/α-hetero) is 2. The highest BCUT2D eigenvalue weighted by molar-refractivity contribution is 5.92. The van der Waals surface area contributed by atoms with E-state index in [9.17, 15) is 19.5 Å². The molecular weight excluding hydrogens is 322 g/mol. The van der Waals surface area contributed by atoms with E-state index in [1.807, 2.05) is 0 Å². The Hall–Kier alpha value is -1.31. The van der Waals surface area contributed by atoms with Crippen molar-refractivity contribution in [3.05, 3.63) is 0 Å². The summed E-state index contributed by atoms with van der Waals surface area (Å²) in [6.45, 7) is 8.50. The van der Waals surface area contributed by atoms with Crippen molar-refractivity contribution >= 4 is 17.5 Å². The number of aliphatic hydroxyl groups is 1. The topological polar surface area (TPSA) is 122 Å². The fraction of sp³-hybridized carbons (Fsp3) is 0.833. The van der Waals surface area contributed by atoms with Crippen molar-refractivity contribution in [1.82, 2.24) is 10.6 Å². The molecule has 1 fully saturated rings. The molecule has 0 aromatic heterocycles. The number of nitrogens with two attached hydrogens (primary N) is 1. The number of ketones is 2. The van der Waals surface area contributed by atoms with Crippen molar-refractivity contribution < 1.29 is 19.5 Å². The van der Waals surface area contributed by atoms with Gasteiger partial charge in [-0.1, -0.05) is 13.8 Å². The molecular formula is C18H33N3O4. The van der Waals surface area contributed by atoms with Gasteiger partial charge in [-0.2, -0.15) is 0 Å². The molecule has 0 unspecified atom stereocenters. The average Bonchev–Trinajstić information content (AvgIpc) is 2.96. The van der Waals surface area contributed by atoms with Crippen molar-refractivity contribution in [2.75, 3.05) is 19.6 Å². The number of hydrogen-bond acceptors (Lipinski definition) is 6. The Bertz CT molecular complexity index is 479. The van der Waals surface area contributed by atoms with Gasteiger partial charge in [0.15, 0.2) is 5.78 Å². The smallest absolute Gasteiger partial charge is 0.226 e. The summed E-state index contributed by atoms with van der Waals surface area (Å²) in [7, 11) is 0. The highest BCUT2D eigenvalue weighted by Crippen LogP contribution is 2.27. The second-order valence-corrected chi connectivity index (χ2v) is 7.58. The van der Waals surface area contributed by atoms with E-state index in [1.165, 1.54) is 13.8 Å². The van der Waals surface area contributed by atoms with Crippen molar-refractivity contribution in [2.45, 2.75) is 52.7 Å². The molecule has 5 atom stereocenters. The van der Waals surface area contributed by atoms with E-state index in [4.69, 9.17) is 5.73 Å². The molecule has 144 valence electrons. The van der Waals surface area contributed by atoms with Crippen LogP contribution in [0.5, 0.6) is 0 Å². The van der Waals surface area contributed by atoms with Gasteiger partial charge in [0.25, 0.3) is 0 Å². The highest BCUT2D eigenvalue weighted by atomic mass is 16.3. The average molecular weight is 355 g/mol. The molecule has 1 heterocycles. The molecule has 5 N–H and O–H groups in total. The maximum absolute atomic E-state index is 12.7. The second-order valence-electron chi connectivity index (χ2n) is 7.58. The molecule has 1 rings (SSSR count). The minimum atomic E-state index is -0.979. The number of nitrogens with one attached hydrogen (secondary N) is 2. The van der Waals surface area contributed by atoms with Gasteiger partial charge in [-0.15, -0.1) is 0 Å².